The van der Waals surface area contributed by atoms with Gasteiger partial charge in [0.1, 0.15) is 30.0 Å². The number of benzene rings is 3. The Morgan fingerprint density at radius 2 is 1.68 bits per heavy atom. The molecular weight excluding hydrogens is 388 g/mol. The van der Waals surface area contributed by atoms with E-state index < -0.39 is 0 Å². The highest BCUT2D eigenvalue weighted by atomic mass is 16.5. The van der Waals surface area contributed by atoms with Gasteiger partial charge in [0, 0.05) is 11.1 Å². The zero-order valence-electron chi connectivity index (χ0n) is 16.9. The molecule has 1 N–H and O–H groups in total. The van der Waals surface area contributed by atoms with Crippen LogP contribution in [0.3, 0.4) is 0 Å². The van der Waals surface area contributed by atoms with Crippen LogP contribution in [0.5, 0.6) is 11.5 Å². The quantitative estimate of drug-likeness (QED) is 0.525. The van der Waals surface area contributed by atoms with Gasteiger partial charge in [0.25, 0.3) is 0 Å². The highest BCUT2D eigenvalue weighted by Crippen LogP contribution is 2.50. The van der Waals surface area contributed by atoms with Gasteiger partial charge in [0.05, 0.1) is 12.8 Å². The summed E-state index contributed by atoms with van der Waals surface area (Å²) < 4.78 is 13.9. The predicted molar refractivity (Wildman–Crippen MR) is 118 cm³/mol. The van der Waals surface area contributed by atoms with Crippen molar-refractivity contribution in [3.63, 3.8) is 0 Å². The number of anilines is 1. The van der Waals surface area contributed by atoms with Crippen LogP contribution in [-0.4, -0.2) is 21.9 Å². The van der Waals surface area contributed by atoms with Crippen LogP contribution in [0.15, 0.2) is 90.8 Å². The minimum atomic E-state index is -0.286. The van der Waals surface area contributed by atoms with Crippen molar-refractivity contribution in [2.75, 3.05) is 12.4 Å². The molecule has 0 saturated carbocycles. The first-order valence-corrected chi connectivity index (χ1v) is 10.2. The maximum atomic E-state index is 6.60. The Bertz CT molecular complexity index is 1280. The van der Waals surface area contributed by atoms with Crippen molar-refractivity contribution in [2.45, 2.75) is 12.1 Å². The van der Waals surface area contributed by atoms with Crippen LogP contribution < -0.4 is 14.8 Å². The van der Waals surface area contributed by atoms with Gasteiger partial charge in [-0.2, -0.15) is 10.1 Å². The van der Waals surface area contributed by atoms with E-state index in [-0.39, 0.29) is 12.1 Å². The fourth-order valence-corrected chi connectivity index (χ4v) is 4.43. The van der Waals surface area contributed by atoms with E-state index in [4.69, 9.17) is 9.47 Å². The van der Waals surface area contributed by atoms with Crippen LogP contribution >= 0.6 is 0 Å². The van der Waals surface area contributed by atoms with Gasteiger partial charge < -0.3 is 14.8 Å². The molecule has 0 radical (unpaired) electrons. The monoisotopic (exact) mass is 408 g/mol. The van der Waals surface area contributed by atoms with Crippen molar-refractivity contribution >= 4 is 11.6 Å². The molecule has 0 bridgehead atoms. The number of fused-ring (bicyclic) bond motifs is 3. The fourth-order valence-electron chi connectivity index (χ4n) is 4.43. The van der Waals surface area contributed by atoms with E-state index in [0.29, 0.717) is 0 Å². The van der Waals surface area contributed by atoms with E-state index in [1.54, 1.807) is 13.4 Å². The van der Waals surface area contributed by atoms with E-state index >= 15 is 0 Å². The van der Waals surface area contributed by atoms with Gasteiger partial charge in [0.15, 0.2) is 0 Å². The van der Waals surface area contributed by atoms with Crippen molar-refractivity contribution < 1.29 is 9.47 Å². The highest BCUT2D eigenvalue weighted by Gasteiger charge is 2.40. The van der Waals surface area contributed by atoms with Crippen LogP contribution in [0.2, 0.25) is 0 Å². The summed E-state index contributed by atoms with van der Waals surface area (Å²) in [5, 5.41) is 8.07. The number of rotatable bonds is 3. The summed E-state index contributed by atoms with van der Waals surface area (Å²) in [6.45, 7) is 0. The summed E-state index contributed by atoms with van der Waals surface area (Å²) in [5.41, 5.74) is 5.33. The van der Waals surface area contributed by atoms with Gasteiger partial charge in [-0.25, -0.2) is 4.68 Å². The number of ether oxygens (including phenoxy) is 2. The topological polar surface area (TPSA) is 61.2 Å². The molecule has 2 aliphatic heterocycles. The molecule has 1 aromatic heterocycles. The van der Waals surface area contributed by atoms with Crippen molar-refractivity contribution in [3.05, 3.63) is 107 Å². The van der Waals surface area contributed by atoms with Gasteiger partial charge in [-0.3, -0.25) is 0 Å². The summed E-state index contributed by atoms with van der Waals surface area (Å²) in [5.74, 6) is 2.38. The Labute approximate surface area is 179 Å². The molecule has 2 aliphatic rings. The fraction of sp³-hybridized carbons (Fsp3) is 0.120. The number of para-hydroxylation sites is 1. The molecule has 152 valence electrons. The molecule has 3 heterocycles. The summed E-state index contributed by atoms with van der Waals surface area (Å²) in [6.07, 6.45) is 1.30. The summed E-state index contributed by atoms with van der Waals surface area (Å²) in [6, 6.07) is 26.4. The Balaban J connectivity index is 1.60. The number of hydrogen-bond donors (Lipinski definition) is 1. The molecule has 0 unspecified atom stereocenters. The van der Waals surface area contributed by atoms with Crippen molar-refractivity contribution in [3.8, 4) is 11.5 Å². The average molecular weight is 408 g/mol. The van der Waals surface area contributed by atoms with Gasteiger partial charge in [-0.1, -0.05) is 54.6 Å². The summed E-state index contributed by atoms with van der Waals surface area (Å²) >= 11 is 0. The lowest BCUT2D eigenvalue weighted by atomic mass is 9.84. The second-order valence-corrected chi connectivity index (χ2v) is 7.56. The third kappa shape index (κ3) is 2.79. The smallest absolute Gasteiger partial charge is 0.226 e. The van der Waals surface area contributed by atoms with Crippen LogP contribution in [0.4, 0.5) is 5.95 Å². The van der Waals surface area contributed by atoms with Gasteiger partial charge in [-0.15, -0.1) is 0 Å². The van der Waals surface area contributed by atoms with Crippen LogP contribution in [-0.2, 0) is 0 Å². The average Bonchev–Trinajstić information content (AvgIpc) is 3.31. The Hall–Kier alpha value is -4.06. The third-order valence-electron chi connectivity index (χ3n) is 5.86. The highest BCUT2D eigenvalue weighted by molar-refractivity contribution is 5.85. The second kappa shape index (κ2) is 7.02. The maximum absolute atomic E-state index is 6.60. The Morgan fingerprint density at radius 3 is 2.48 bits per heavy atom. The predicted octanol–water partition coefficient (Wildman–Crippen LogP) is 4.85. The minimum Gasteiger partial charge on any atom is -0.497 e. The number of nitrogens with one attached hydrogen (secondary N) is 1. The third-order valence-corrected chi connectivity index (χ3v) is 5.86. The standard InChI is InChI=1S/C25H20N4O2/c1-30-18-13-11-17(12-14-18)24-21-22(19-9-5-6-10-20(19)31-24)28-25-26-15-27-29(25)23(21)16-7-3-2-4-8-16/h2-15,23-24H,1H3,(H,26,27,28)/t23-,24-/m0/s1. The first-order chi connectivity index (χ1) is 15.3. The van der Waals surface area contributed by atoms with Crippen LogP contribution in [0, 0.1) is 0 Å². The molecule has 0 saturated heterocycles. The molecule has 4 aromatic rings. The minimum absolute atomic E-state index is 0.143. The second-order valence-electron chi connectivity index (χ2n) is 7.56. The van der Waals surface area contributed by atoms with Gasteiger partial charge >= 0.3 is 0 Å². The number of methoxy groups -OCH3 is 1. The number of nitrogens with zero attached hydrogens (tertiary/aromatic N) is 3. The molecule has 0 aliphatic carbocycles. The Morgan fingerprint density at radius 1 is 0.903 bits per heavy atom. The van der Waals surface area contributed by atoms with Crippen LogP contribution in [0.1, 0.15) is 28.8 Å². The van der Waals surface area contributed by atoms with Crippen molar-refractivity contribution in [1.29, 1.82) is 0 Å². The number of aromatic nitrogens is 3. The lowest BCUT2D eigenvalue weighted by molar-refractivity contribution is 0.223. The van der Waals surface area contributed by atoms with E-state index in [1.807, 2.05) is 53.2 Å². The molecular formula is C25H20N4O2. The van der Waals surface area contributed by atoms with Crippen molar-refractivity contribution in [1.82, 2.24) is 14.8 Å². The zero-order chi connectivity index (χ0) is 20.8. The molecule has 6 rings (SSSR count). The molecule has 0 amide bonds. The SMILES string of the molecule is COc1ccc([C@@H]2Oc3ccccc3C3=C2[C@H](c2ccccc2)n2ncnc2N3)cc1. The van der Waals surface area contributed by atoms with Gasteiger partial charge in [0.2, 0.25) is 5.95 Å². The normalized spacial score (nSPS) is 18.9. The van der Waals surface area contributed by atoms with Crippen molar-refractivity contribution in [2.24, 2.45) is 0 Å². The lowest BCUT2D eigenvalue weighted by Crippen LogP contribution is -2.32. The molecule has 0 fully saturated rings. The first kappa shape index (κ1) is 17.8. The summed E-state index contributed by atoms with van der Waals surface area (Å²) in [4.78, 5) is 4.47. The number of hydrogen-bond acceptors (Lipinski definition) is 5. The zero-order valence-corrected chi connectivity index (χ0v) is 16.9. The molecule has 6 heteroatoms. The summed E-state index contributed by atoms with van der Waals surface area (Å²) in [7, 11) is 1.67. The molecule has 0 spiro atoms. The van der Waals surface area contributed by atoms with E-state index in [0.717, 1.165) is 45.4 Å². The molecule has 31 heavy (non-hydrogen) atoms. The van der Waals surface area contributed by atoms with Crippen LogP contribution in [0.25, 0.3) is 5.70 Å². The van der Waals surface area contributed by atoms with Gasteiger partial charge in [-0.05, 0) is 35.4 Å². The van der Waals surface area contributed by atoms with E-state index in [1.165, 1.54) is 0 Å². The maximum Gasteiger partial charge on any atom is 0.226 e. The van der Waals surface area contributed by atoms with E-state index in [2.05, 4.69) is 45.7 Å². The lowest BCUT2D eigenvalue weighted by Gasteiger charge is -2.39. The largest absolute Gasteiger partial charge is 0.497 e. The Kier molecular flexibility index (Phi) is 4.02. The molecule has 6 nitrogen and oxygen atoms in total. The van der Waals surface area contributed by atoms with E-state index in [9.17, 15) is 0 Å². The molecule has 3 aromatic carbocycles. The molecule has 2 atom stereocenters. The first-order valence-electron chi connectivity index (χ1n) is 10.2.